The third-order valence-corrected chi connectivity index (χ3v) is 5.53. The zero-order valence-electron chi connectivity index (χ0n) is 15.0. The van der Waals surface area contributed by atoms with Crippen molar-refractivity contribution in [3.63, 3.8) is 0 Å². The highest BCUT2D eigenvalue weighted by Gasteiger charge is 2.34. The van der Waals surface area contributed by atoms with Crippen LogP contribution in [0.15, 0.2) is 33.6 Å². The molecule has 1 aromatic carbocycles. The highest BCUT2D eigenvalue weighted by atomic mass is 35.5. The molecule has 0 saturated carbocycles. The van der Waals surface area contributed by atoms with Gasteiger partial charge in [-0.15, -0.1) is 0 Å². The molecule has 1 fully saturated rings. The van der Waals surface area contributed by atoms with Gasteiger partial charge in [0.05, 0.1) is 14.9 Å². The van der Waals surface area contributed by atoms with Crippen molar-refractivity contribution < 1.29 is 23.7 Å². The Morgan fingerprint density at radius 3 is 2.72 bits per heavy atom. The molecule has 8 nitrogen and oxygen atoms in total. The minimum absolute atomic E-state index is 0.0855. The van der Waals surface area contributed by atoms with E-state index in [2.05, 4.69) is 0 Å². The zero-order chi connectivity index (χ0) is 21.1. The highest BCUT2D eigenvalue weighted by Crippen LogP contribution is 2.38. The summed E-state index contributed by atoms with van der Waals surface area (Å²) in [5.41, 5.74) is -0.0173. The number of thioether (sulfide) groups is 1. The van der Waals surface area contributed by atoms with E-state index in [4.69, 9.17) is 32.4 Å². The molecule has 0 N–H and O–H groups in total. The number of benzene rings is 1. The number of methoxy groups -OCH3 is 1. The summed E-state index contributed by atoms with van der Waals surface area (Å²) in [5.74, 6) is 0.158. The second-order valence-electron chi connectivity index (χ2n) is 5.92. The van der Waals surface area contributed by atoms with E-state index in [0.717, 1.165) is 16.7 Å². The number of carbonyl (C=O) groups is 2. The van der Waals surface area contributed by atoms with Crippen LogP contribution in [-0.2, 0) is 9.53 Å². The molecule has 152 valence electrons. The summed E-state index contributed by atoms with van der Waals surface area (Å²) in [4.78, 5) is 36.3. The predicted molar refractivity (Wildman–Crippen MR) is 110 cm³/mol. The lowest BCUT2D eigenvalue weighted by atomic mass is 10.1. The number of ether oxygens (including phenoxy) is 1. The predicted octanol–water partition coefficient (Wildman–Crippen LogP) is 5.23. The van der Waals surface area contributed by atoms with Gasteiger partial charge >= 0.3 is 0 Å². The molecule has 3 rings (SSSR count). The molecule has 0 bridgehead atoms. The average molecular weight is 457 g/mol. The molecule has 0 atom stereocenters. The lowest BCUT2D eigenvalue weighted by Gasteiger charge is -2.11. The molecule has 2 amide bonds. The normalized spacial score (nSPS) is 15.6. The van der Waals surface area contributed by atoms with E-state index < -0.39 is 10.8 Å². The molecular weight excluding hydrogens is 443 g/mol. The number of carbonyl (C=O) groups excluding carboxylic acids is 2. The standard InChI is InChI=1S/C18H14Cl2N2O6S/c1-27-6-2-5-21-17(23)16(29-18(21)24)7-10-3-4-15(28-10)11-8-14(22(25)26)13(20)9-12(11)19/h3-4,7-9H,2,5-6H2,1H3/b16-7+. The average Bonchev–Trinajstić information content (AvgIpc) is 3.21. The van der Waals surface area contributed by atoms with Crippen LogP contribution in [0.4, 0.5) is 10.5 Å². The molecule has 11 heteroatoms. The molecule has 1 aliphatic rings. The van der Waals surface area contributed by atoms with Crippen molar-refractivity contribution in [3.8, 4) is 11.3 Å². The Bertz CT molecular complexity index is 1020. The van der Waals surface area contributed by atoms with Crippen LogP contribution in [0, 0.1) is 10.1 Å². The van der Waals surface area contributed by atoms with E-state index in [1.54, 1.807) is 19.2 Å². The minimum Gasteiger partial charge on any atom is -0.457 e. The number of imide groups is 1. The monoisotopic (exact) mass is 456 g/mol. The number of hydrogen-bond acceptors (Lipinski definition) is 7. The minimum atomic E-state index is -0.619. The number of furan rings is 1. The Hall–Kier alpha value is -2.33. The molecular formula is C18H14Cl2N2O6S. The smallest absolute Gasteiger partial charge is 0.293 e. The first-order valence-electron chi connectivity index (χ1n) is 8.29. The van der Waals surface area contributed by atoms with Crippen LogP contribution >= 0.6 is 35.0 Å². The molecule has 1 aliphatic heterocycles. The van der Waals surface area contributed by atoms with Gasteiger partial charge in [0.2, 0.25) is 0 Å². The largest absolute Gasteiger partial charge is 0.457 e. The number of nitro groups is 1. The molecule has 0 radical (unpaired) electrons. The van der Waals surface area contributed by atoms with Crippen LogP contribution in [0.5, 0.6) is 0 Å². The lowest BCUT2D eigenvalue weighted by Crippen LogP contribution is -2.29. The van der Waals surface area contributed by atoms with Gasteiger partial charge in [0.1, 0.15) is 16.5 Å². The third kappa shape index (κ3) is 4.64. The number of nitro benzene ring substituents is 1. The van der Waals surface area contributed by atoms with Crippen molar-refractivity contribution in [3.05, 3.63) is 55.1 Å². The third-order valence-electron chi connectivity index (χ3n) is 4.00. The first-order chi connectivity index (χ1) is 13.8. The van der Waals surface area contributed by atoms with Gasteiger partial charge in [-0.25, -0.2) is 0 Å². The van der Waals surface area contributed by atoms with Crippen molar-refractivity contribution >= 4 is 57.9 Å². The Balaban J connectivity index is 1.84. The molecule has 1 saturated heterocycles. The van der Waals surface area contributed by atoms with Gasteiger partial charge in [0.25, 0.3) is 16.8 Å². The molecule has 1 aromatic heterocycles. The lowest BCUT2D eigenvalue weighted by molar-refractivity contribution is -0.384. The topological polar surface area (TPSA) is 103 Å². The molecule has 0 aliphatic carbocycles. The van der Waals surface area contributed by atoms with Crippen LogP contribution in [0.1, 0.15) is 12.2 Å². The highest BCUT2D eigenvalue weighted by molar-refractivity contribution is 8.18. The van der Waals surface area contributed by atoms with Crippen LogP contribution in [0.3, 0.4) is 0 Å². The van der Waals surface area contributed by atoms with Crippen LogP contribution in [0.25, 0.3) is 17.4 Å². The van der Waals surface area contributed by atoms with Crippen LogP contribution in [-0.4, -0.2) is 41.2 Å². The summed E-state index contributed by atoms with van der Waals surface area (Å²) < 4.78 is 10.6. The van der Waals surface area contributed by atoms with Crippen LogP contribution < -0.4 is 0 Å². The van der Waals surface area contributed by atoms with Gasteiger partial charge in [-0.3, -0.25) is 24.6 Å². The number of nitrogens with zero attached hydrogens (tertiary/aromatic N) is 2. The zero-order valence-corrected chi connectivity index (χ0v) is 17.3. The second-order valence-corrected chi connectivity index (χ2v) is 7.73. The summed E-state index contributed by atoms with van der Waals surface area (Å²) in [5, 5.41) is 10.8. The van der Waals surface area contributed by atoms with E-state index >= 15 is 0 Å². The number of amides is 2. The summed E-state index contributed by atoms with van der Waals surface area (Å²) in [6.45, 7) is 0.708. The first-order valence-corrected chi connectivity index (χ1v) is 9.87. The maximum absolute atomic E-state index is 12.4. The van der Waals surface area contributed by atoms with Gasteiger partial charge in [0, 0.05) is 38.0 Å². The number of hydrogen-bond donors (Lipinski definition) is 0. The first kappa shape index (κ1) is 21.4. The molecule has 29 heavy (non-hydrogen) atoms. The Kier molecular flexibility index (Phi) is 6.63. The van der Waals surface area contributed by atoms with E-state index in [1.165, 1.54) is 18.2 Å². The summed E-state index contributed by atoms with van der Waals surface area (Å²) in [7, 11) is 1.55. The van der Waals surface area contributed by atoms with Crippen molar-refractivity contribution in [1.29, 1.82) is 0 Å². The maximum Gasteiger partial charge on any atom is 0.293 e. The van der Waals surface area contributed by atoms with Crippen molar-refractivity contribution in [2.45, 2.75) is 6.42 Å². The Labute approximate surface area is 179 Å². The van der Waals surface area contributed by atoms with Gasteiger partial charge in [-0.1, -0.05) is 23.2 Å². The molecule has 0 spiro atoms. The Morgan fingerprint density at radius 1 is 1.28 bits per heavy atom. The van der Waals surface area contributed by atoms with E-state index in [9.17, 15) is 19.7 Å². The van der Waals surface area contributed by atoms with Crippen molar-refractivity contribution in [2.75, 3.05) is 20.3 Å². The van der Waals surface area contributed by atoms with Crippen LogP contribution in [0.2, 0.25) is 10.0 Å². The fraction of sp³-hybridized carbons (Fsp3) is 0.222. The Morgan fingerprint density at radius 2 is 2.03 bits per heavy atom. The quantitative estimate of drug-likeness (QED) is 0.243. The van der Waals surface area contributed by atoms with E-state index in [0.29, 0.717) is 18.8 Å². The summed E-state index contributed by atoms with van der Waals surface area (Å²) in [6, 6.07) is 5.62. The number of halogens is 2. The molecule has 0 unspecified atom stereocenters. The second kappa shape index (κ2) is 9.00. The van der Waals surface area contributed by atoms with Gasteiger partial charge in [-0.05, 0) is 36.4 Å². The van der Waals surface area contributed by atoms with Gasteiger partial charge in [0.15, 0.2) is 0 Å². The van der Waals surface area contributed by atoms with Crippen molar-refractivity contribution in [2.24, 2.45) is 0 Å². The molecule has 2 heterocycles. The maximum atomic E-state index is 12.4. The fourth-order valence-corrected chi connectivity index (χ4v) is 4.02. The number of rotatable bonds is 7. The summed E-state index contributed by atoms with van der Waals surface area (Å²) >= 11 is 12.8. The molecule has 2 aromatic rings. The van der Waals surface area contributed by atoms with E-state index in [1.807, 2.05) is 0 Å². The summed E-state index contributed by atoms with van der Waals surface area (Å²) in [6.07, 6.45) is 1.99. The SMILES string of the molecule is COCCCN1C(=O)S/C(=C/c2ccc(-c3cc([N+](=O)[O-])c(Cl)cc3Cl)o2)C1=O. The van der Waals surface area contributed by atoms with Gasteiger partial charge in [-0.2, -0.15) is 0 Å². The fourth-order valence-electron chi connectivity index (χ4n) is 2.63. The van der Waals surface area contributed by atoms with Gasteiger partial charge < -0.3 is 9.15 Å². The van der Waals surface area contributed by atoms with Crippen molar-refractivity contribution in [1.82, 2.24) is 4.90 Å². The van der Waals surface area contributed by atoms with E-state index in [-0.39, 0.29) is 43.7 Å².